The molecule has 1 aromatic heterocycles. The number of aliphatic hydroxyl groups is 1. The van der Waals surface area contributed by atoms with Crippen LogP contribution in [-0.2, 0) is 6.54 Å². The van der Waals surface area contributed by atoms with Crippen molar-refractivity contribution in [3.63, 3.8) is 0 Å². The first kappa shape index (κ1) is 18.9. The molecular formula is C25H38N2O. The van der Waals surface area contributed by atoms with E-state index in [1.807, 2.05) is 10.9 Å². The summed E-state index contributed by atoms with van der Waals surface area (Å²) in [6.45, 7) is 8.04. The van der Waals surface area contributed by atoms with Gasteiger partial charge in [-0.25, -0.2) is 0 Å². The molecule has 0 saturated heterocycles. The number of nitrogens with zero attached hydrogens (tertiary/aromatic N) is 2. The van der Waals surface area contributed by atoms with Gasteiger partial charge in [-0.3, -0.25) is 4.68 Å². The SMILES string of the molecule is CCn1ccc(/C=C2/C[C@H]3[C@@H]4CC[C@H]5CCCC[C@]5(C)[C@H]4CC[C@]3(C)[C@@H]2O)n1. The average Bonchev–Trinajstić information content (AvgIpc) is 3.25. The Hall–Kier alpha value is -1.09. The molecule has 4 fully saturated rings. The van der Waals surface area contributed by atoms with Crippen LogP contribution in [0.15, 0.2) is 17.8 Å². The Morgan fingerprint density at radius 1 is 1.11 bits per heavy atom. The summed E-state index contributed by atoms with van der Waals surface area (Å²) in [5.74, 6) is 3.31. The zero-order valence-electron chi connectivity index (χ0n) is 18.0. The van der Waals surface area contributed by atoms with E-state index in [-0.39, 0.29) is 11.5 Å². The maximum atomic E-state index is 11.4. The number of hydrogen-bond acceptors (Lipinski definition) is 2. The molecule has 5 rings (SSSR count). The summed E-state index contributed by atoms with van der Waals surface area (Å²) >= 11 is 0. The molecule has 28 heavy (non-hydrogen) atoms. The number of aliphatic hydroxyl groups excluding tert-OH is 1. The van der Waals surface area contributed by atoms with Crippen molar-refractivity contribution >= 4 is 6.08 Å². The lowest BCUT2D eigenvalue weighted by molar-refractivity contribution is -0.119. The minimum Gasteiger partial charge on any atom is -0.388 e. The molecule has 0 aromatic carbocycles. The average molecular weight is 383 g/mol. The van der Waals surface area contributed by atoms with E-state index in [4.69, 9.17) is 0 Å². The number of aromatic nitrogens is 2. The quantitative estimate of drug-likeness (QED) is 0.713. The first-order chi connectivity index (χ1) is 13.5. The van der Waals surface area contributed by atoms with E-state index < -0.39 is 0 Å². The highest BCUT2D eigenvalue weighted by Gasteiger charge is 2.60. The normalized spacial score (nSPS) is 46.9. The van der Waals surface area contributed by atoms with Gasteiger partial charge in [0.1, 0.15) is 0 Å². The molecule has 1 N–H and O–H groups in total. The second kappa shape index (κ2) is 6.72. The van der Waals surface area contributed by atoms with Crippen molar-refractivity contribution in [2.75, 3.05) is 0 Å². The Bertz CT molecular complexity index is 766. The van der Waals surface area contributed by atoms with Crippen LogP contribution in [0.1, 0.15) is 84.3 Å². The zero-order chi connectivity index (χ0) is 19.5. The molecule has 4 saturated carbocycles. The predicted octanol–water partition coefficient (Wildman–Crippen LogP) is 5.69. The molecule has 0 spiro atoms. The van der Waals surface area contributed by atoms with Crippen LogP contribution in [-0.4, -0.2) is 21.0 Å². The lowest BCUT2D eigenvalue weighted by Gasteiger charge is -2.60. The molecule has 4 aliphatic carbocycles. The van der Waals surface area contributed by atoms with E-state index in [0.717, 1.165) is 36.4 Å². The third-order valence-electron chi connectivity index (χ3n) is 9.77. The Labute approximate surface area is 170 Å². The van der Waals surface area contributed by atoms with Gasteiger partial charge >= 0.3 is 0 Å². The van der Waals surface area contributed by atoms with E-state index in [9.17, 15) is 5.11 Å². The molecule has 0 amide bonds. The number of fused-ring (bicyclic) bond motifs is 5. The van der Waals surface area contributed by atoms with Gasteiger partial charge in [0, 0.05) is 18.2 Å². The number of aryl methyl sites for hydroxylation is 1. The Morgan fingerprint density at radius 2 is 1.96 bits per heavy atom. The highest BCUT2D eigenvalue weighted by atomic mass is 16.3. The largest absolute Gasteiger partial charge is 0.388 e. The standard InChI is InChI=1S/C25H38N2O/c1-4-27-14-11-19(26-27)15-17-16-22-20-9-8-18-7-5-6-12-24(18,2)21(20)10-13-25(22,3)23(17)28/h11,14-15,18,20-23,28H,4-10,12-13,16H2,1-3H3/b17-15-/t18-,20-,21+,22+,23-,24+,25+/m1/s1. The predicted molar refractivity (Wildman–Crippen MR) is 114 cm³/mol. The molecule has 3 nitrogen and oxygen atoms in total. The highest BCUT2D eigenvalue weighted by Crippen LogP contribution is 2.66. The van der Waals surface area contributed by atoms with Crippen molar-refractivity contribution in [1.29, 1.82) is 0 Å². The molecule has 3 heteroatoms. The number of rotatable bonds is 2. The van der Waals surface area contributed by atoms with Crippen molar-refractivity contribution in [2.24, 2.45) is 34.5 Å². The van der Waals surface area contributed by atoms with Crippen molar-refractivity contribution in [1.82, 2.24) is 9.78 Å². The topological polar surface area (TPSA) is 38.0 Å². The molecule has 0 radical (unpaired) electrons. The summed E-state index contributed by atoms with van der Waals surface area (Å²) in [7, 11) is 0. The molecular weight excluding hydrogens is 344 g/mol. The van der Waals surface area contributed by atoms with Crippen LogP contribution in [0.3, 0.4) is 0 Å². The maximum absolute atomic E-state index is 11.4. The van der Waals surface area contributed by atoms with Gasteiger partial charge in [-0.05, 0) is 98.7 Å². The molecule has 1 heterocycles. The molecule has 0 bridgehead atoms. The van der Waals surface area contributed by atoms with E-state index in [0.29, 0.717) is 11.3 Å². The minimum atomic E-state index is -0.290. The fourth-order valence-electron chi connectivity index (χ4n) is 8.11. The van der Waals surface area contributed by atoms with Crippen LogP contribution in [0.25, 0.3) is 6.08 Å². The van der Waals surface area contributed by atoms with Gasteiger partial charge in [0.05, 0.1) is 11.8 Å². The van der Waals surface area contributed by atoms with Crippen molar-refractivity contribution in [3.05, 3.63) is 23.5 Å². The van der Waals surface area contributed by atoms with Crippen LogP contribution in [0.2, 0.25) is 0 Å². The van der Waals surface area contributed by atoms with Crippen LogP contribution < -0.4 is 0 Å². The first-order valence-electron chi connectivity index (χ1n) is 11.9. The summed E-state index contributed by atoms with van der Waals surface area (Å²) in [5, 5.41) is 16.0. The fourth-order valence-corrected chi connectivity index (χ4v) is 8.11. The van der Waals surface area contributed by atoms with Crippen molar-refractivity contribution in [2.45, 2.75) is 91.2 Å². The summed E-state index contributed by atoms with van der Waals surface area (Å²) in [6.07, 6.45) is 16.2. The third kappa shape index (κ3) is 2.68. The van der Waals surface area contributed by atoms with Crippen LogP contribution in [0.4, 0.5) is 0 Å². The van der Waals surface area contributed by atoms with Gasteiger partial charge in [0.15, 0.2) is 0 Å². The molecule has 0 unspecified atom stereocenters. The van der Waals surface area contributed by atoms with E-state index >= 15 is 0 Å². The van der Waals surface area contributed by atoms with Gasteiger partial charge < -0.3 is 5.11 Å². The lowest BCUT2D eigenvalue weighted by Crippen LogP contribution is -2.53. The minimum absolute atomic E-state index is 0.0676. The molecule has 0 aliphatic heterocycles. The molecule has 4 aliphatic rings. The van der Waals surface area contributed by atoms with Gasteiger partial charge in [-0.15, -0.1) is 0 Å². The second-order valence-electron chi connectivity index (χ2n) is 10.9. The lowest BCUT2D eigenvalue weighted by atomic mass is 9.45. The van der Waals surface area contributed by atoms with Crippen molar-refractivity contribution in [3.8, 4) is 0 Å². The second-order valence-corrected chi connectivity index (χ2v) is 10.9. The van der Waals surface area contributed by atoms with E-state index in [1.54, 1.807) is 0 Å². The molecule has 1 aromatic rings. The Morgan fingerprint density at radius 3 is 2.75 bits per heavy atom. The molecule has 154 valence electrons. The Balaban J connectivity index is 1.44. The summed E-state index contributed by atoms with van der Waals surface area (Å²) in [4.78, 5) is 0. The summed E-state index contributed by atoms with van der Waals surface area (Å²) in [6, 6.07) is 2.09. The first-order valence-corrected chi connectivity index (χ1v) is 11.9. The smallest absolute Gasteiger partial charge is 0.0851 e. The van der Waals surface area contributed by atoms with Gasteiger partial charge in [-0.2, -0.15) is 5.10 Å². The third-order valence-corrected chi connectivity index (χ3v) is 9.77. The monoisotopic (exact) mass is 382 g/mol. The van der Waals surface area contributed by atoms with Gasteiger partial charge in [-0.1, -0.05) is 26.7 Å². The van der Waals surface area contributed by atoms with Crippen LogP contribution in [0.5, 0.6) is 0 Å². The molecule has 7 atom stereocenters. The zero-order valence-corrected chi connectivity index (χ0v) is 18.0. The number of hydrogen-bond donors (Lipinski definition) is 1. The van der Waals surface area contributed by atoms with Crippen LogP contribution >= 0.6 is 0 Å². The highest BCUT2D eigenvalue weighted by molar-refractivity contribution is 5.52. The van der Waals surface area contributed by atoms with E-state index in [2.05, 4.69) is 38.0 Å². The van der Waals surface area contributed by atoms with E-state index in [1.165, 1.54) is 56.9 Å². The van der Waals surface area contributed by atoms with Gasteiger partial charge in [0.2, 0.25) is 0 Å². The summed E-state index contributed by atoms with van der Waals surface area (Å²) in [5.41, 5.74) is 2.89. The Kier molecular flexibility index (Phi) is 4.54. The van der Waals surface area contributed by atoms with Crippen molar-refractivity contribution < 1.29 is 5.11 Å². The van der Waals surface area contributed by atoms with Gasteiger partial charge in [0.25, 0.3) is 0 Å². The maximum Gasteiger partial charge on any atom is 0.0851 e. The fraction of sp³-hybridized carbons (Fsp3) is 0.800. The summed E-state index contributed by atoms with van der Waals surface area (Å²) < 4.78 is 1.98. The van der Waals surface area contributed by atoms with Crippen LogP contribution in [0, 0.1) is 34.5 Å².